The van der Waals surface area contributed by atoms with Gasteiger partial charge in [0, 0.05) is 23.1 Å². The number of hydrogen-bond donors (Lipinski definition) is 3. The van der Waals surface area contributed by atoms with Gasteiger partial charge in [0.1, 0.15) is 12.0 Å². The number of hydrogen-bond acceptors (Lipinski definition) is 4. The first-order valence-electron chi connectivity index (χ1n) is 7.19. The van der Waals surface area contributed by atoms with E-state index in [4.69, 9.17) is 10.2 Å². The topological polar surface area (TPSA) is 97.4 Å². The highest BCUT2D eigenvalue weighted by Gasteiger charge is 2.09. The van der Waals surface area contributed by atoms with Crippen LogP contribution in [0.15, 0.2) is 45.5 Å². The molecule has 24 heavy (non-hydrogen) atoms. The summed E-state index contributed by atoms with van der Waals surface area (Å²) in [6.07, 6.45) is 2.01. The highest BCUT2D eigenvalue weighted by Crippen LogP contribution is 2.11. The SMILES string of the molecule is Cl.NCc1cc(C(=O)NCCCNC(=O)c2cccc(Br)c2)co1. The van der Waals surface area contributed by atoms with Crippen LogP contribution in [0.2, 0.25) is 0 Å². The molecule has 2 amide bonds. The lowest BCUT2D eigenvalue weighted by molar-refractivity contribution is 0.0951. The summed E-state index contributed by atoms with van der Waals surface area (Å²) in [4.78, 5) is 23.7. The van der Waals surface area contributed by atoms with E-state index in [1.54, 1.807) is 24.3 Å². The van der Waals surface area contributed by atoms with E-state index in [1.165, 1.54) is 6.26 Å². The van der Waals surface area contributed by atoms with Crippen molar-refractivity contribution in [3.05, 3.63) is 58.0 Å². The van der Waals surface area contributed by atoms with Crippen molar-refractivity contribution in [3.63, 3.8) is 0 Å². The highest BCUT2D eigenvalue weighted by molar-refractivity contribution is 9.10. The number of halogens is 2. The van der Waals surface area contributed by atoms with Crippen LogP contribution < -0.4 is 16.4 Å². The molecule has 0 radical (unpaired) electrons. The Morgan fingerprint density at radius 1 is 1.08 bits per heavy atom. The van der Waals surface area contributed by atoms with Crippen molar-refractivity contribution >= 4 is 40.2 Å². The molecule has 4 N–H and O–H groups in total. The second-order valence-electron chi connectivity index (χ2n) is 4.88. The lowest BCUT2D eigenvalue weighted by atomic mass is 10.2. The third-order valence-electron chi connectivity index (χ3n) is 3.13. The van der Waals surface area contributed by atoms with Crippen LogP contribution in [0, 0.1) is 0 Å². The molecule has 8 heteroatoms. The molecule has 1 aromatic heterocycles. The zero-order valence-corrected chi connectivity index (χ0v) is 15.3. The molecule has 0 aliphatic heterocycles. The van der Waals surface area contributed by atoms with Crippen LogP contribution in [0.5, 0.6) is 0 Å². The zero-order chi connectivity index (χ0) is 16.7. The lowest BCUT2D eigenvalue weighted by Crippen LogP contribution is -2.29. The van der Waals surface area contributed by atoms with Crippen molar-refractivity contribution in [3.8, 4) is 0 Å². The minimum atomic E-state index is -0.216. The second-order valence-corrected chi connectivity index (χ2v) is 5.80. The summed E-state index contributed by atoms with van der Waals surface area (Å²) in [6.45, 7) is 1.20. The number of amides is 2. The van der Waals surface area contributed by atoms with Crippen LogP contribution in [-0.4, -0.2) is 24.9 Å². The van der Waals surface area contributed by atoms with Gasteiger partial charge in [0.25, 0.3) is 11.8 Å². The maximum Gasteiger partial charge on any atom is 0.254 e. The quantitative estimate of drug-likeness (QED) is 0.604. The number of nitrogens with two attached hydrogens (primary N) is 1. The fraction of sp³-hybridized carbons (Fsp3) is 0.250. The van der Waals surface area contributed by atoms with Gasteiger partial charge in [0.2, 0.25) is 0 Å². The summed E-state index contributed by atoms with van der Waals surface area (Å²) >= 11 is 3.33. The molecule has 130 valence electrons. The van der Waals surface area contributed by atoms with Gasteiger partial charge in [-0.15, -0.1) is 12.4 Å². The Kier molecular flexibility index (Phi) is 8.53. The molecule has 0 saturated carbocycles. The molecule has 0 fully saturated rings. The second kappa shape index (κ2) is 10.1. The zero-order valence-electron chi connectivity index (χ0n) is 12.9. The van der Waals surface area contributed by atoms with Crippen LogP contribution in [-0.2, 0) is 6.54 Å². The highest BCUT2D eigenvalue weighted by atomic mass is 79.9. The lowest BCUT2D eigenvalue weighted by Gasteiger charge is -2.06. The monoisotopic (exact) mass is 415 g/mol. The first kappa shape index (κ1) is 20.2. The molecule has 2 rings (SSSR count). The minimum absolute atomic E-state index is 0. The van der Waals surface area contributed by atoms with E-state index in [0.717, 1.165) is 4.47 Å². The Bertz CT molecular complexity index is 691. The van der Waals surface area contributed by atoms with Crippen LogP contribution in [0.1, 0.15) is 32.9 Å². The molecule has 1 heterocycles. The average Bonchev–Trinajstić information content (AvgIpc) is 3.03. The van der Waals surface area contributed by atoms with E-state index >= 15 is 0 Å². The Balaban J connectivity index is 0.00000288. The van der Waals surface area contributed by atoms with Crippen LogP contribution in [0.4, 0.5) is 0 Å². The summed E-state index contributed by atoms with van der Waals surface area (Å²) < 4.78 is 5.96. The molecule has 0 spiro atoms. The van der Waals surface area contributed by atoms with Crippen molar-refractivity contribution in [1.82, 2.24) is 10.6 Å². The predicted molar refractivity (Wildman–Crippen MR) is 97.3 cm³/mol. The minimum Gasteiger partial charge on any atom is -0.467 e. The number of rotatable bonds is 7. The fourth-order valence-corrected chi connectivity index (χ4v) is 2.33. The first-order valence-corrected chi connectivity index (χ1v) is 7.99. The van der Waals surface area contributed by atoms with Crippen LogP contribution >= 0.6 is 28.3 Å². The first-order chi connectivity index (χ1) is 11.1. The Hall–Kier alpha value is -1.83. The standard InChI is InChI=1S/C16H18BrN3O3.ClH/c17-13-4-1-3-11(7-13)15(21)19-5-2-6-20-16(22)12-8-14(9-18)23-10-12;/h1,3-4,7-8,10H,2,5-6,9,18H2,(H,19,21)(H,20,22);1H. The summed E-state index contributed by atoms with van der Waals surface area (Å²) in [6, 6.07) is 8.78. The fourth-order valence-electron chi connectivity index (χ4n) is 1.93. The normalized spacial score (nSPS) is 9.92. The van der Waals surface area contributed by atoms with Crippen molar-refractivity contribution in [2.45, 2.75) is 13.0 Å². The van der Waals surface area contributed by atoms with Crippen molar-refractivity contribution in [2.24, 2.45) is 5.73 Å². The molecular formula is C16H19BrClN3O3. The van der Waals surface area contributed by atoms with Gasteiger partial charge in [-0.3, -0.25) is 9.59 Å². The number of carbonyl (C=O) groups excluding carboxylic acids is 2. The van der Waals surface area contributed by atoms with Gasteiger partial charge in [0.05, 0.1) is 12.1 Å². The molecule has 1 aromatic carbocycles. The smallest absolute Gasteiger partial charge is 0.254 e. The van der Waals surface area contributed by atoms with Gasteiger partial charge >= 0.3 is 0 Å². The summed E-state index contributed by atoms with van der Waals surface area (Å²) in [5.41, 5.74) is 6.46. The van der Waals surface area contributed by atoms with Crippen molar-refractivity contribution in [2.75, 3.05) is 13.1 Å². The van der Waals surface area contributed by atoms with Crippen LogP contribution in [0.25, 0.3) is 0 Å². The van der Waals surface area contributed by atoms with E-state index in [9.17, 15) is 9.59 Å². The van der Waals surface area contributed by atoms with Crippen molar-refractivity contribution < 1.29 is 14.0 Å². The molecule has 0 aliphatic rings. The van der Waals surface area contributed by atoms with Crippen LogP contribution in [0.3, 0.4) is 0 Å². The van der Waals surface area contributed by atoms with E-state index in [0.29, 0.717) is 36.4 Å². The van der Waals surface area contributed by atoms with E-state index in [1.807, 2.05) is 6.07 Å². The number of benzene rings is 1. The molecule has 6 nitrogen and oxygen atoms in total. The molecule has 0 atom stereocenters. The third kappa shape index (κ3) is 5.99. The molecular weight excluding hydrogens is 398 g/mol. The maximum absolute atomic E-state index is 11.9. The van der Waals surface area contributed by atoms with Gasteiger partial charge < -0.3 is 20.8 Å². The largest absolute Gasteiger partial charge is 0.467 e. The Labute approximate surface area is 154 Å². The number of furan rings is 1. The molecule has 0 aliphatic carbocycles. The van der Waals surface area contributed by atoms with Crippen molar-refractivity contribution in [1.29, 1.82) is 0 Å². The van der Waals surface area contributed by atoms with E-state index in [-0.39, 0.29) is 30.8 Å². The Morgan fingerprint density at radius 3 is 2.33 bits per heavy atom. The number of carbonyl (C=O) groups is 2. The van der Waals surface area contributed by atoms with Gasteiger partial charge in [-0.05, 0) is 30.7 Å². The predicted octanol–water partition coefficient (Wildman–Crippen LogP) is 2.47. The molecule has 0 saturated heterocycles. The van der Waals surface area contributed by atoms with Gasteiger partial charge in [0.15, 0.2) is 0 Å². The Morgan fingerprint density at radius 2 is 1.75 bits per heavy atom. The summed E-state index contributed by atoms with van der Waals surface area (Å²) in [7, 11) is 0. The molecule has 2 aromatic rings. The summed E-state index contributed by atoms with van der Waals surface area (Å²) in [5, 5.41) is 5.57. The van der Waals surface area contributed by atoms with Gasteiger partial charge in [-0.2, -0.15) is 0 Å². The number of nitrogens with one attached hydrogen (secondary N) is 2. The third-order valence-corrected chi connectivity index (χ3v) is 3.62. The van der Waals surface area contributed by atoms with Gasteiger partial charge in [-0.1, -0.05) is 22.0 Å². The van der Waals surface area contributed by atoms with E-state index < -0.39 is 0 Å². The molecule has 0 bridgehead atoms. The van der Waals surface area contributed by atoms with E-state index in [2.05, 4.69) is 26.6 Å². The molecule has 0 unspecified atom stereocenters. The summed E-state index contributed by atoms with van der Waals surface area (Å²) in [5.74, 6) is 0.211. The average molecular weight is 417 g/mol. The van der Waals surface area contributed by atoms with Gasteiger partial charge in [-0.25, -0.2) is 0 Å². The maximum atomic E-state index is 11.9.